The van der Waals surface area contributed by atoms with E-state index < -0.39 is 0 Å². The summed E-state index contributed by atoms with van der Waals surface area (Å²) in [5.74, 6) is 0.948. The molecule has 3 aromatic rings. The van der Waals surface area contributed by atoms with Crippen molar-refractivity contribution in [2.75, 3.05) is 5.73 Å². The van der Waals surface area contributed by atoms with E-state index in [1.807, 2.05) is 29.1 Å². The van der Waals surface area contributed by atoms with Gasteiger partial charge in [-0.05, 0) is 12.1 Å². The van der Waals surface area contributed by atoms with Crippen LogP contribution in [0.3, 0.4) is 0 Å². The molecule has 0 aliphatic heterocycles. The van der Waals surface area contributed by atoms with Crippen LogP contribution in [0.25, 0.3) is 11.2 Å². The van der Waals surface area contributed by atoms with E-state index in [0.717, 1.165) is 22.7 Å². The Hall–Kier alpha value is -1.95. The zero-order valence-electron chi connectivity index (χ0n) is 9.29. The zero-order valence-corrected chi connectivity index (χ0v) is 10.1. The van der Waals surface area contributed by atoms with Crippen molar-refractivity contribution in [3.63, 3.8) is 0 Å². The maximum atomic E-state index is 5.61. The van der Waals surface area contributed by atoms with Crippen molar-refractivity contribution >= 4 is 27.6 Å². The highest BCUT2D eigenvalue weighted by atomic mass is 32.1. The number of hydrogen-bond donors (Lipinski definition) is 1. The van der Waals surface area contributed by atoms with E-state index in [-0.39, 0.29) is 0 Å². The lowest BCUT2D eigenvalue weighted by atomic mass is 10.3. The minimum atomic E-state index is 0.594. The predicted molar refractivity (Wildman–Crippen MR) is 67.8 cm³/mol. The average Bonchev–Trinajstić information content (AvgIpc) is 2.86. The highest BCUT2D eigenvalue weighted by molar-refractivity contribution is 7.13. The fourth-order valence-electron chi connectivity index (χ4n) is 1.79. The summed E-state index contributed by atoms with van der Waals surface area (Å²) in [6.45, 7) is 0. The Morgan fingerprint density at radius 1 is 1.41 bits per heavy atom. The molecule has 2 N–H and O–H groups in total. The summed E-state index contributed by atoms with van der Waals surface area (Å²) < 4.78 is 1.99. The van der Waals surface area contributed by atoms with Gasteiger partial charge in [-0.25, -0.2) is 15.0 Å². The Balaban J connectivity index is 2.03. The molecule has 0 fully saturated rings. The van der Waals surface area contributed by atoms with E-state index in [1.165, 1.54) is 11.3 Å². The largest absolute Gasteiger partial charge is 0.375 e. The van der Waals surface area contributed by atoms with Gasteiger partial charge in [0, 0.05) is 25.0 Å². The number of hydrogen-bond acceptors (Lipinski definition) is 5. The lowest BCUT2D eigenvalue weighted by Crippen LogP contribution is -2.00. The molecule has 0 saturated heterocycles. The number of nitrogen functional groups attached to an aromatic ring is 1. The molecule has 3 rings (SSSR count). The van der Waals surface area contributed by atoms with Crippen molar-refractivity contribution in [1.82, 2.24) is 19.5 Å². The van der Waals surface area contributed by atoms with Crippen LogP contribution in [0.15, 0.2) is 23.7 Å². The minimum Gasteiger partial charge on any atom is -0.375 e. The zero-order chi connectivity index (χ0) is 11.8. The first-order valence-corrected chi connectivity index (χ1v) is 6.08. The summed E-state index contributed by atoms with van der Waals surface area (Å²) >= 11 is 1.45. The maximum Gasteiger partial charge on any atom is 0.180 e. The van der Waals surface area contributed by atoms with Crippen molar-refractivity contribution in [3.8, 4) is 0 Å². The summed E-state index contributed by atoms with van der Waals surface area (Å²) in [5, 5.41) is 2.55. The first kappa shape index (κ1) is 10.2. The number of aryl methyl sites for hydroxylation is 1. The van der Waals surface area contributed by atoms with Gasteiger partial charge in [0.2, 0.25) is 0 Å². The van der Waals surface area contributed by atoms with E-state index in [2.05, 4.69) is 15.0 Å². The lowest BCUT2D eigenvalue weighted by molar-refractivity contribution is 0.828. The third kappa shape index (κ3) is 1.76. The lowest BCUT2D eigenvalue weighted by Gasteiger charge is -1.98. The van der Waals surface area contributed by atoms with E-state index >= 15 is 0 Å². The number of imidazole rings is 1. The molecule has 0 aromatic carbocycles. The van der Waals surface area contributed by atoms with Crippen molar-refractivity contribution in [2.24, 2.45) is 7.05 Å². The molecule has 0 unspecified atom stereocenters. The number of nitrogens with two attached hydrogens (primary N) is 1. The molecule has 0 atom stereocenters. The minimum absolute atomic E-state index is 0.594. The average molecular weight is 245 g/mol. The fraction of sp³-hybridized carbons (Fsp3) is 0.182. The second kappa shape index (κ2) is 3.81. The van der Waals surface area contributed by atoms with Gasteiger partial charge in [0.05, 0.1) is 5.69 Å². The number of thiazole rings is 1. The molecule has 6 heteroatoms. The Morgan fingerprint density at radius 3 is 3.00 bits per heavy atom. The Bertz CT molecular complexity index is 669. The second-order valence-electron chi connectivity index (χ2n) is 3.79. The van der Waals surface area contributed by atoms with Crippen molar-refractivity contribution in [2.45, 2.75) is 6.42 Å². The van der Waals surface area contributed by atoms with Crippen LogP contribution in [-0.2, 0) is 13.5 Å². The van der Waals surface area contributed by atoms with Crippen LogP contribution in [-0.4, -0.2) is 19.5 Å². The monoisotopic (exact) mass is 245 g/mol. The van der Waals surface area contributed by atoms with Gasteiger partial charge in [-0.15, -0.1) is 11.3 Å². The molecule has 0 radical (unpaired) electrons. The fourth-order valence-corrected chi connectivity index (χ4v) is 2.36. The summed E-state index contributed by atoms with van der Waals surface area (Å²) in [5.41, 5.74) is 8.37. The first-order valence-electron chi connectivity index (χ1n) is 5.20. The number of pyridine rings is 1. The summed E-state index contributed by atoms with van der Waals surface area (Å²) in [6.07, 6.45) is 2.45. The van der Waals surface area contributed by atoms with Crippen LogP contribution in [0, 0.1) is 0 Å². The normalized spacial score (nSPS) is 11.1. The second-order valence-corrected chi connectivity index (χ2v) is 4.68. The summed E-state index contributed by atoms with van der Waals surface area (Å²) in [7, 11) is 1.97. The van der Waals surface area contributed by atoms with Gasteiger partial charge in [-0.3, -0.25) is 0 Å². The molecule has 0 amide bonds. The number of rotatable bonds is 2. The molecule has 0 bridgehead atoms. The smallest absolute Gasteiger partial charge is 0.180 e. The highest BCUT2D eigenvalue weighted by Crippen LogP contribution is 2.17. The first-order chi connectivity index (χ1) is 8.24. The Morgan fingerprint density at radius 2 is 2.29 bits per heavy atom. The van der Waals surface area contributed by atoms with Crippen molar-refractivity contribution < 1.29 is 0 Å². The van der Waals surface area contributed by atoms with Crippen LogP contribution in [0.5, 0.6) is 0 Å². The topological polar surface area (TPSA) is 69.6 Å². The third-order valence-electron chi connectivity index (χ3n) is 2.63. The SMILES string of the molecule is Cn1c(Cc2csc(N)n2)nc2cccnc21. The predicted octanol–water partition coefficient (Wildman–Crippen LogP) is 1.60. The van der Waals surface area contributed by atoms with Crippen LogP contribution < -0.4 is 5.73 Å². The van der Waals surface area contributed by atoms with Crippen molar-refractivity contribution in [3.05, 3.63) is 35.2 Å². The summed E-state index contributed by atoms with van der Waals surface area (Å²) in [4.78, 5) is 13.1. The van der Waals surface area contributed by atoms with Gasteiger partial charge < -0.3 is 10.3 Å². The van der Waals surface area contributed by atoms with Crippen LogP contribution >= 0.6 is 11.3 Å². The van der Waals surface area contributed by atoms with Crippen LogP contribution in [0.1, 0.15) is 11.5 Å². The molecule has 0 spiro atoms. The van der Waals surface area contributed by atoms with Gasteiger partial charge in [-0.1, -0.05) is 0 Å². The highest BCUT2D eigenvalue weighted by Gasteiger charge is 2.10. The molecule has 3 heterocycles. The maximum absolute atomic E-state index is 5.61. The van der Waals surface area contributed by atoms with Gasteiger partial charge in [0.15, 0.2) is 10.8 Å². The molecule has 5 nitrogen and oxygen atoms in total. The Labute approximate surface area is 102 Å². The number of nitrogens with zero attached hydrogens (tertiary/aromatic N) is 4. The van der Waals surface area contributed by atoms with Crippen LogP contribution in [0.2, 0.25) is 0 Å². The standard InChI is InChI=1S/C11H11N5S/c1-16-9(5-7-6-17-11(12)14-7)15-8-3-2-4-13-10(8)16/h2-4,6H,5H2,1H3,(H2,12,14). The van der Waals surface area contributed by atoms with E-state index in [1.54, 1.807) is 6.20 Å². The van der Waals surface area contributed by atoms with Gasteiger partial charge in [-0.2, -0.15) is 0 Å². The molecule has 86 valence electrons. The van der Waals surface area contributed by atoms with Crippen molar-refractivity contribution in [1.29, 1.82) is 0 Å². The molecule has 0 aliphatic carbocycles. The number of aromatic nitrogens is 4. The molecule has 17 heavy (non-hydrogen) atoms. The van der Waals surface area contributed by atoms with Gasteiger partial charge in [0.1, 0.15) is 11.3 Å². The molecule has 3 aromatic heterocycles. The Kier molecular flexibility index (Phi) is 2.29. The quantitative estimate of drug-likeness (QED) is 0.744. The number of anilines is 1. The van der Waals surface area contributed by atoms with Gasteiger partial charge >= 0.3 is 0 Å². The van der Waals surface area contributed by atoms with Gasteiger partial charge in [0.25, 0.3) is 0 Å². The van der Waals surface area contributed by atoms with E-state index in [9.17, 15) is 0 Å². The molecular formula is C11H11N5S. The number of fused-ring (bicyclic) bond motifs is 1. The third-order valence-corrected chi connectivity index (χ3v) is 3.35. The van der Waals surface area contributed by atoms with E-state index in [4.69, 9.17) is 5.73 Å². The van der Waals surface area contributed by atoms with E-state index in [0.29, 0.717) is 11.6 Å². The molecule has 0 aliphatic rings. The molecule has 0 saturated carbocycles. The summed E-state index contributed by atoms with van der Waals surface area (Å²) in [6, 6.07) is 3.85. The molecular weight excluding hydrogens is 234 g/mol. The van der Waals surface area contributed by atoms with Crippen LogP contribution in [0.4, 0.5) is 5.13 Å².